The molecule has 1 heterocycles. The third-order valence-electron chi connectivity index (χ3n) is 3.61. The maximum Gasteiger partial charge on any atom is 0.305 e. The summed E-state index contributed by atoms with van der Waals surface area (Å²) in [6, 6.07) is 9.94. The number of amides is 2. The molecule has 138 valence electrons. The summed E-state index contributed by atoms with van der Waals surface area (Å²) >= 11 is 11.7. The quantitative estimate of drug-likeness (QED) is 0.650. The smallest absolute Gasteiger partial charge is 0.305 e. The number of methoxy groups -OCH3 is 1. The molecule has 0 fully saturated rings. The molecule has 0 spiro atoms. The monoisotopic (exact) mass is 406 g/mol. The highest BCUT2D eigenvalue weighted by Gasteiger charge is 2.16. The van der Waals surface area contributed by atoms with Crippen LogP contribution in [0.1, 0.15) is 20.9 Å². The zero-order valence-electron chi connectivity index (χ0n) is 13.8. The number of fused-ring (bicyclic) bond motifs is 1. The van der Waals surface area contributed by atoms with Crippen molar-refractivity contribution in [1.29, 1.82) is 0 Å². The molecule has 0 aliphatic rings. The number of nitrogens with one attached hydrogen (secondary N) is 2. The van der Waals surface area contributed by atoms with Gasteiger partial charge in [-0.1, -0.05) is 23.2 Å². The molecule has 0 bridgehead atoms. The molecule has 3 aromatic rings. The van der Waals surface area contributed by atoms with Crippen LogP contribution < -0.4 is 21.0 Å². The highest BCUT2D eigenvalue weighted by molar-refractivity contribution is 6.31. The molecule has 0 aliphatic heterocycles. The van der Waals surface area contributed by atoms with Crippen molar-refractivity contribution >= 4 is 46.0 Å². The lowest BCUT2D eigenvalue weighted by molar-refractivity contribution is 0.0829. The average molecular weight is 407 g/mol. The Bertz CT molecular complexity index is 1110. The summed E-state index contributed by atoms with van der Waals surface area (Å²) in [5.74, 6) is -1.45. The van der Waals surface area contributed by atoms with Gasteiger partial charge in [0, 0.05) is 16.1 Å². The first-order valence-corrected chi connectivity index (χ1v) is 8.32. The Morgan fingerprint density at radius 1 is 0.963 bits per heavy atom. The number of hydrazine groups is 1. The zero-order chi connectivity index (χ0) is 19.6. The van der Waals surface area contributed by atoms with Crippen molar-refractivity contribution < 1.29 is 18.7 Å². The van der Waals surface area contributed by atoms with Gasteiger partial charge in [-0.2, -0.15) is 0 Å². The maximum atomic E-state index is 12.3. The van der Waals surface area contributed by atoms with Gasteiger partial charge in [0.05, 0.1) is 18.1 Å². The van der Waals surface area contributed by atoms with Gasteiger partial charge >= 0.3 is 5.91 Å². The topological polar surface area (TPSA) is 97.6 Å². The highest BCUT2D eigenvalue weighted by Crippen LogP contribution is 2.22. The van der Waals surface area contributed by atoms with Crippen LogP contribution in [0.5, 0.6) is 5.75 Å². The average Bonchev–Trinajstić information content (AvgIpc) is 2.66. The van der Waals surface area contributed by atoms with Gasteiger partial charge in [0.1, 0.15) is 11.3 Å². The van der Waals surface area contributed by atoms with Gasteiger partial charge in [0.2, 0.25) is 0 Å². The van der Waals surface area contributed by atoms with Gasteiger partial charge in [-0.25, -0.2) is 0 Å². The minimum absolute atomic E-state index is 0.125. The van der Waals surface area contributed by atoms with E-state index >= 15 is 0 Å². The normalized spacial score (nSPS) is 10.5. The van der Waals surface area contributed by atoms with Crippen LogP contribution in [0, 0.1) is 0 Å². The van der Waals surface area contributed by atoms with E-state index in [9.17, 15) is 14.4 Å². The summed E-state index contributed by atoms with van der Waals surface area (Å²) in [6.07, 6.45) is 0. The van der Waals surface area contributed by atoms with Crippen molar-refractivity contribution in [2.45, 2.75) is 0 Å². The lowest BCUT2D eigenvalue weighted by Crippen LogP contribution is -2.42. The Morgan fingerprint density at radius 3 is 2.37 bits per heavy atom. The van der Waals surface area contributed by atoms with Crippen LogP contribution in [0.25, 0.3) is 11.0 Å². The minimum atomic E-state index is -0.807. The van der Waals surface area contributed by atoms with E-state index in [0.29, 0.717) is 10.0 Å². The van der Waals surface area contributed by atoms with Gasteiger partial charge < -0.3 is 9.15 Å². The fourth-order valence-corrected chi connectivity index (χ4v) is 2.68. The van der Waals surface area contributed by atoms with Crippen molar-refractivity contribution in [3.8, 4) is 5.75 Å². The second-order valence-corrected chi connectivity index (χ2v) is 6.24. The second-order valence-electron chi connectivity index (χ2n) is 5.37. The predicted molar refractivity (Wildman–Crippen MR) is 100 cm³/mol. The number of halogens is 2. The molecular weight excluding hydrogens is 395 g/mol. The first kappa shape index (κ1) is 18.8. The number of carbonyl (C=O) groups is 2. The third-order valence-corrected chi connectivity index (χ3v) is 4.08. The number of ether oxygens (including phenoxy) is 1. The van der Waals surface area contributed by atoms with Crippen LogP contribution in [0.4, 0.5) is 0 Å². The van der Waals surface area contributed by atoms with Crippen molar-refractivity contribution in [3.63, 3.8) is 0 Å². The number of carbonyl (C=O) groups excluding carboxylic acids is 2. The molecule has 3 rings (SSSR count). The maximum absolute atomic E-state index is 12.3. The fraction of sp³-hybridized carbons (Fsp3) is 0.0556. The first-order chi connectivity index (χ1) is 12.9. The van der Waals surface area contributed by atoms with E-state index in [0.717, 1.165) is 6.07 Å². The third kappa shape index (κ3) is 4.05. The first-order valence-electron chi connectivity index (χ1n) is 7.56. The van der Waals surface area contributed by atoms with E-state index in [-0.39, 0.29) is 28.0 Å². The minimum Gasteiger partial charge on any atom is -0.496 e. The van der Waals surface area contributed by atoms with Crippen LogP contribution in [-0.2, 0) is 0 Å². The summed E-state index contributed by atoms with van der Waals surface area (Å²) in [6.45, 7) is 0. The van der Waals surface area contributed by atoms with Gasteiger partial charge in [0.25, 0.3) is 5.91 Å². The van der Waals surface area contributed by atoms with E-state index in [1.807, 2.05) is 0 Å². The SMILES string of the molecule is COc1ccc(Cl)cc1C(=O)NNC(=O)c1cc(=O)c2cc(Cl)ccc2o1. The van der Waals surface area contributed by atoms with Gasteiger partial charge in [0.15, 0.2) is 11.2 Å². The van der Waals surface area contributed by atoms with Crippen LogP contribution >= 0.6 is 23.2 Å². The Hall–Kier alpha value is -3.03. The van der Waals surface area contributed by atoms with E-state index in [4.69, 9.17) is 32.4 Å². The van der Waals surface area contributed by atoms with Crippen LogP contribution in [0.2, 0.25) is 10.0 Å². The van der Waals surface area contributed by atoms with E-state index in [1.54, 1.807) is 6.07 Å². The number of hydrogen-bond donors (Lipinski definition) is 2. The van der Waals surface area contributed by atoms with Gasteiger partial charge in [-0.05, 0) is 36.4 Å². The summed E-state index contributed by atoms with van der Waals surface area (Å²) in [5, 5.41) is 0.938. The molecule has 0 aliphatic carbocycles. The second kappa shape index (κ2) is 7.69. The standard InChI is InChI=1S/C18H12Cl2N2O5/c1-26-14-4-2-10(20)7-12(14)17(24)21-22-18(25)16-8-13(23)11-6-9(19)3-5-15(11)27-16/h2-8H,1H3,(H,21,24)(H,22,25). The van der Waals surface area contributed by atoms with Crippen molar-refractivity contribution in [1.82, 2.24) is 10.9 Å². The van der Waals surface area contributed by atoms with Crippen LogP contribution in [-0.4, -0.2) is 18.9 Å². The number of hydrogen-bond acceptors (Lipinski definition) is 5. The zero-order valence-corrected chi connectivity index (χ0v) is 15.4. The van der Waals surface area contributed by atoms with E-state index in [1.165, 1.54) is 37.4 Å². The molecule has 0 saturated heterocycles. The fourth-order valence-electron chi connectivity index (χ4n) is 2.34. The Labute approximate surface area is 162 Å². The molecule has 0 atom stereocenters. The lowest BCUT2D eigenvalue weighted by Gasteiger charge is -2.10. The molecule has 1 aromatic heterocycles. The highest BCUT2D eigenvalue weighted by atomic mass is 35.5. The van der Waals surface area contributed by atoms with Gasteiger partial charge in [-0.15, -0.1) is 0 Å². The molecular formula is C18H12Cl2N2O5. The molecule has 9 heteroatoms. The largest absolute Gasteiger partial charge is 0.496 e. The number of rotatable bonds is 3. The molecule has 0 saturated carbocycles. The van der Waals surface area contributed by atoms with Crippen molar-refractivity contribution in [3.05, 3.63) is 74.1 Å². The van der Waals surface area contributed by atoms with Crippen molar-refractivity contribution in [2.24, 2.45) is 0 Å². The van der Waals surface area contributed by atoms with Gasteiger partial charge in [-0.3, -0.25) is 25.2 Å². The Kier molecular flexibility index (Phi) is 5.34. The molecule has 2 N–H and O–H groups in total. The number of benzene rings is 2. The van der Waals surface area contributed by atoms with E-state index in [2.05, 4.69) is 10.9 Å². The molecule has 7 nitrogen and oxygen atoms in total. The summed E-state index contributed by atoms with van der Waals surface area (Å²) in [4.78, 5) is 36.6. The molecule has 0 unspecified atom stereocenters. The molecule has 0 radical (unpaired) electrons. The molecule has 2 aromatic carbocycles. The predicted octanol–water partition coefficient (Wildman–Crippen LogP) is 3.18. The summed E-state index contributed by atoms with van der Waals surface area (Å²) in [7, 11) is 1.40. The molecule has 27 heavy (non-hydrogen) atoms. The summed E-state index contributed by atoms with van der Waals surface area (Å²) in [5.41, 5.74) is 4.27. The Balaban J connectivity index is 1.79. The van der Waals surface area contributed by atoms with Crippen LogP contribution in [0.15, 0.2) is 51.7 Å². The van der Waals surface area contributed by atoms with Crippen LogP contribution in [0.3, 0.4) is 0 Å². The molecule has 2 amide bonds. The summed E-state index contributed by atoms with van der Waals surface area (Å²) < 4.78 is 10.5. The Morgan fingerprint density at radius 2 is 1.63 bits per heavy atom. The van der Waals surface area contributed by atoms with E-state index < -0.39 is 17.2 Å². The van der Waals surface area contributed by atoms with Crippen molar-refractivity contribution in [2.75, 3.05) is 7.11 Å². The lowest BCUT2D eigenvalue weighted by atomic mass is 10.2.